The molecule has 0 aromatic carbocycles. The third-order valence-corrected chi connectivity index (χ3v) is 2.09. The summed E-state index contributed by atoms with van der Waals surface area (Å²) in [6, 6.07) is 0. The molecule has 0 spiro atoms. The Morgan fingerprint density at radius 2 is 1.93 bits per heavy atom. The molecule has 0 heterocycles. The van der Waals surface area contributed by atoms with Gasteiger partial charge in [-0.15, -0.1) is 0 Å². The molecule has 0 aromatic heterocycles. The van der Waals surface area contributed by atoms with E-state index in [0.29, 0.717) is 6.61 Å². The molecule has 0 fully saturated rings. The van der Waals surface area contributed by atoms with Crippen LogP contribution in [0.2, 0.25) is 0 Å². The maximum absolute atomic E-state index is 8.96. The third-order valence-electron chi connectivity index (χ3n) is 2.09. The number of unbranched alkanes of at least 4 members (excludes halogenated alkanes) is 3. The Morgan fingerprint density at radius 1 is 1.20 bits per heavy atom. The molecule has 0 aromatic rings. The van der Waals surface area contributed by atoms with Crippen molar-refractivity contribution >= 4 is 0 Å². The van der Waals surface area contributed by atoms with Crippen molar-refractivity contribution in [1.82, 2.24) is 0 Å². The molecule has 0 saturated carbocycles. The minimum Gasteiger partial charge on any atom is -0.394 e. The Hall–Kier alpha value is -0.380. The molecule has 2 N–H and O–H groups in total. The average Bonchev–Trinajstić information content (AvgIpc) is 2.26. The van der Waals surface area contributed by atoms with E-state index in [1.165, 1.54) is 19.3 Å². The predicted molar refractivity (Wildman–Crippen MR) is 61.8 cm³/mol. The van der Waals surface area contributed by atoms with Crippen molar-refractivity contribution in [3.05, 3.63) is 12.2 Å². The predicted octanol–water partition coefficient (Wildman–Crippen LogP) is 1.88. The maximum atomic E-state index is 8.96. The van der Waals surface area contributed by atoms with Crippen LogP contribution in [0.15, 0.2) is 12.2 Å². The summed E-state index contributed by atoms with van der Waals surface area (Å²) in [5, 5.41) is 17.5. The Balaban J connectivity index is 3.09. The quantitative estimate of drug-likeness (QED) is 0.433. The zero-order valence-electron chi connectivity index (χ0n) is 9.69. The summed E-state index contributed by atoms with van der Waals surface area (Å²) >= 11 is 0. The van der Waals surface area contributed by atoms with Crippen LogP contribution in [-0.4, -0.2) is 36.1 Å². The Bertz CT molecular complexity index is 146. The molecule has 0 rings (SSSR count). The number of aliphatic hydroxyl groups is 2. The fourth-order valence-corrected chi connectivity index (χ4v) is 1.17. The van der Waals surface area contributed by atoms with Crippen LogP contribution in [0.3, 0.4) is 0 Å². The lowest BCUT2D eigenvalue weighted by atomic mass is 10.2. The second-order valence-corrected chi connectivity index (χ2v) is 3.67. The summed E-state index contributed by atoms with van der Waals surface area (Å²) < 4.78 is 5.15. The van der Waals surface area contributed by atoms with Gasteiger partial charge in [-0.1, -0.05) is 31.9 Å². The number of allylic oxidation sites excluding steroid dienone is 1. The van der Waals surface area contributed by atoms with E-state index in [1.54, 1.807) is 0 Å². The van der Waals surface area contributed by atoms with Gasteiger partial charge in [0.15, 0.2) is 0 Å². The molecular weight excluding hydrogens is 192 g/mol. The number of ether oxygens (including phenoxy) is 1. The second-order valence-electron chi connectivity index (χ2n) is 3.67. The van der Waals surface area contributed by atoms with Gasteiger partial charge in [0.2, 0.25) is 0 Å². The standard InChI is InChI=1S/C12H24O3/c1-2-3-4-5-6-7-8-9-15-11-12(14)10-13/h6-7,12-14H,2-5,8-11H2,1H3/b7-6+. The first-order valence-electron chi connectivity index (χ1n) is 5.83. The highest BCUT2D eigenvalue weighted by molar-refractivity contribution is 4.81. The lowest BCUT2D eigenvalue weighted by molar-refractivity contribution is 0.00767. The van der Waals surface area contributed by atoms with Gasteiger partial charge in [0, 0.05) is 0 Å². The lowest BCUT2D eigenvalue weighted by Crippen LogP contribution is -2.19. The van der Waals surface area contributed by atoms with Crippen molar-refractivity contribution in [2.24, 2.45) is 0 Å². The highest BCUT2D eigenvalue weighted by Crippen LogP contribution is 2.00. The third kappa shape index (κ3) is 11.5. The second kappa shape index (κ2) is 11.7. The van der Waals surface area contributed by atoms with Crippen LogP contribution in [0.5, 0.6) is 0 Å². The molecule has 0 bridgehead atoms. The largest absolute Gasteiger partial charge is 0.394 e. The van der Waals surface area contributed by atoms with Crippen LogP contribution in [0, 0.1) is 0 Å². The van der Waals surface area contributed by atoms with Crippen molar-refractivity contribution in [3.63, 3.8) is 0 Å². The zero-order valence-corrected chi connectivity index (χ0v) is 9.69. The van der Waals surface area contributed by atoms with Gasteiger partial charge in [0.05, 0.1) is 19.8 Å². The van der Waals surface area contributed by atoms with Gasteiger partial charge in [0.25, 0.3) is 0 Å². The first-order valence-corrected chi connectivity index (χ1v) is 5.83. The van der Waals surface area contributed by atoms with Gasteiger partial charge >= 0.3 is 0 Å². The number of hydrogen-bond donors (Lipinski definition) is 2. The fourth-order valence-electron chi connectivity index (χ4n) is 1.17. The van der Waals surface area contributed by atoms with Gasteiger partial charge in [-0.2, -0.15) is 0 Å². The van der Waals surface area contributed by atoms with Crippen molar-refractivity contribution in [1.29, 1.82) is 0 Å². The molecule has 15 heavy (non-hydrogen) atoms. The SMILES string of the molecule is CCCCC/C=C/CCOCC(O)CO. The summed E-state index contributed by atoms with van der Waals surface area (Å²) in [5.74, 6) is 0. The molecular formula is C12H24O3. The number of hydrogen-bond acceptors (Lipinski definition) is 3. The van der Waals surface area contributed by atoms with Crippen LogP contribution in [0.25, 0.3) is 0 Å². The minimum atomic E-state index is -0.737. The summed E-state index contributed by atoms with van der Waals surface area (Å²) in [6.45, 7) is 2.80. The van der Waals surface area contributed by atoms with Gasteiger partial charge in [-0.05, 0) is 19.3 Å². The van der Waals surface area contributed by atoms with Crippen molar-refractivity contribution in [2.75, 3.05) is 19.8 Å². The van der Waals surface area contributed by atoms with Crippen molar-refractivity contribution in [2.45, 2.75) is 45.1 Å². The molecule has 0 amide bonds. The van der Waals surface area contributed by atoms with Crippen molar-refractivity contribution < 1.29 is 14.9 Å². The number of rotatable bonds is 10. The van der Waals surface area contributed by atoms with Crippen LogP contribution in [0.4, 0.5) is 0 Å². The first-order chi connectivity index (χ1) is 7.31. The molecule has 3 heteroatoms. The molecule has 0 aliphatic heterocycles. The Kier molecular flexibility index (Phi) is 11.4. The van der Waals surface area contributed by atoms with E-state index in [1.807, 2.05) is 0 Å². The highest BCUT2D eigenvalue weighted by atomic mass is 16.5. The Labute approximate surface area is 92.8 Å². The molecule has 3 nitrogen and oxygen atoms in total. The Morgan fingerprint density at radius 3 is 2.60 bits per heavy atom. The molecule has 0 radical (unpaired) electrons. The van der Waals surface area contributed by atoms with Crippen LogP contribution >= 0.6 is 0 Å². The zero-order chi connectivity index (χ0) is 11.4. The van der Waals surface area contributed by atoms with Crippen LogP contribution in [0.1, 0.15) is 39.0 Å². The van der Waals surface area contributed by atoms with E-state index in [2.05, 4.69) is 19.1 Å². The van der Waals surface area contributed by atoms with Crippen LogP contribution < -0.4 is 0 Å². The van der Waals surface area contributed by atoms with Crippen molar-refractivity contribution in [3.8, 4) is 0 Å². The van der Waals surface area contributed by atoms with E-state index in [0.717, 1.165) is 12.8 Å². The molecule has 0 saturated heterocycles. The van der Waals surface area contributed by atoms with Crippen LogP contribution in [-0.2, 0) is 4.74 Å². The monoisotopic (exact) mass is 216 g/mol. The summed E-state index contributed by atoms with van der Waals surface area (Å²) in [6.07, 6.45) is 9.40. The van der Waals surface area contributed by atoms with Gasteiger partial charge in [0.1, 0.15) is 6.10 Å². The fraction of sp³-hybridized carbons (Fsp3) is 0.833. The lowest BCUT2D eigenvalue weighted by Gasteiger charge is -2.06. The van der Waals surface area contributed by atoms with E-state index in [9.17, 15) is 0 Å². The van der Waals surface area contributed by atoms with E-state index in [-0.39, 0.29) is 13.2 Å². The van der Waals surface area contributed by atoms with E-state index in [4.69, 9.17) is 14.9 Å². The molecule has 90 valence electrons. The molecule has 1 unspecified atom stereocenters. The molecule has 1 atom stereocenters. The maximum Gasteiger partial charge on any atom is 0.100 e. The van der Waals surface area contributed by atoms with Gasteiger partial charge in [-0.3, -0.25) is 0 Å². The molecule has 0 aliphatic rings. The normalized spacial score (nSPS) is 13.5. The van der Waals surface area contributed by atoms with E-state index >= 15 is 0 Å². The smallest absolute Gasteiger partial charge is 0.100 e. The molecule has 0 aliphatic carbocycles. The topological polar surface area (TPSA) is 49.7 Å². The number of aliphatic hydroxyl groups excluding tert-OH is 2. The average molecular weight is 216 g/mol. The van der Waals surface area contributed by atoms with E-state index < -0.39 is 6.10 Å². The van der Waals surface area contributed by atoms with Gasteiger partial charge < -0.3 is 14.9 Å². The highest BCUT2D eigenvalue weighted by Gasteiger charge is 1.99. The first kappa shape index (κ1) is 14.6. The summed E-state index contributed by atoms with van der Waals surface area (Å²) in [4.78, 5) is 0. The minimum absolute atomic E-state index is 0.222. The summed E-state index contributed by atoms with van der Waals surface area (Å²) in [7, 11) is 0. The van der Waals surface area contributed by atoms with Gasteiger partial charge in [-0.25, -0.2) is 0 Å². The summed E-state index contributed by atoms with van der Waals surface area (Å²) in [5.41, 5.74) is 0.